The van der Waals surface area contributed by atoms with Crippen molar-refractivity contribution in [1.82, 2.24) is 15.6 Å². The molecule has 27 heavy (non-hydrogen) atoms. The number of pyridine rings is 1. The number of hydrogen-bond acceptors (Lipinski definition) is 3. The standard InChI is InChI=1S/C22H21N3O2/c1-16-3-2-4-18(13-16)15-25-22(27)20-7-5-19(6-8-20)21(26)24-14-17-9-11-23-12-10-17/h2-13H,14-15H2,1H3,(H,24,26)(H,25,27). The molecule has 0 aliphatic carbocycles. The average molecular weight is 359 g/mol. The Balaban J connectivity index is 1.54. The van der Waals surface area contributed by atoms with Crippen molar-refractivity contribution in [2.45, 2.75) is 20.0 Å². The van der Waals surface area contributed by atoms with Crippen LogP contribution in [0.25, 0.3) is 0 Å². The molecule has 136 valence electrons. The highest BCUT2D eigenvalue weighted by atomic mass is 16.2. The first kappa shape index (κ1) is 18.3. The molecule has 0 radical (unpaired) electrons. The second-order valence-electron chi connectivity index (χ2n) is 6.29. The van der Waals surface area contributed by atoms with Crippen LogP contribution >= 0.6 is 0 Å². The molecule has 0 aliphatic rings. The van der Waals surface area contributed by atoms with Crippen molar-refractivity contribution >= 4 is 11.8 Å². The Morgan fingerprint density at radius 1 is 0.778 bits per heavy atom. The summed E-state index contributed by atoms with van der Waals surface area (Å²) in [6.07, 6.45) is 3.37. The Morgan fingerprint density at radius 3 is 1.89 bits per heavy atom. The number of benzene rings is 2. The molecular weight excluding hydrogens is 338 g/mol. The lowest BCUT2D eigenvalue weighted by Gasteiger charge is -2.08. The molecule has 0 spiro atoms. The minimum atomic E-state index is -0.182. The minimum Gasteiger partial charge on any atom is -0.348 e. The van der Waals surface area contributed by atoms with Crippen LogP contribution in [0.1, 0.15) is 37.4 Å². The van der Waals surface area contributed by atoms with Crippen LogP contribution in [0.5, 0.6) is 0 Å². The highest BCUT2D eigenvalue weighted by molar-refractivity contribution is 5.97. The van der Waals surface area contributed by atoms with Crippen LogP contribution in [-0.4, -0.2) is 16.8 Å². The van der Waals surface area contributed by atoms with Crippen LogP contribution in [-0.2, 0) is 13.1 Å². The Morgan fingerprint density at radius 2 is 1.33 bits per heavy atom. The summed E-state index contributed by atoms with van der Waals surface area (Å²) in [7, 11) is 0. The summed E-state index contributed by atoms with van der Waals surface area (Å²) in [6.45, 7) is 2.92. The van der Waals surface area contributed by atoms with E-state index in [0.29, 0.717) is 24.2 Å². The van der Waals surface area contributed by atoms with E-state index in [4.69, 9.17) is 0 Å². The summed E-state index contributed by atoms with van der Waals surface area (Å²) in [5, 5.41) is 5.74. The fourth-order valence-corrected chi connectivity index (χ4v) is 2.66. The van der Waals surface area contributed by atoms with Gasteiger partial charge in [0, 0.05) is 36.6 Å². The fraction of sp³-hybridized carbons (Fsp3) is 0.136. The molecule has 5 nitrogen and oxygen atoms in total. The second kappa shape index (κ2) is 8.76. The van der Waals surface area contributed by atoms with Gasteiger partial charge in [0.2, 0.25) is 0 Å². The van der Waals surface area contributed by atoms with Crippen molar-refractivity contribution in [3.05, 3.63) is 101 Å². The number of carbonyl (C=O) groups excluding carboxylic acids is 2. The third-order valence-electron chi connectivity index (χ3n) is 4.15. The summed E-state index contributed by atoms with van der Waals surface area (Å²) in [5.41, 5.74) is 4.22. The van der Waals surface area contributed by atoms with Gasteiger partial charge in [0.15, 0.2) is 0 Å². The van der Waals surface area contributed by atoms with Crippen LogP contribution in [0.15, 0.2) is 73.1 Å². The number of aryl methyl sites for hydroxylation is 1. The molecule has 0 saturated heterocycles. The lowest BCUT2D eigenvalue weighted by atomic mass is 10.1. The van der Waals surface area contributed by atoms with Crippen LogP contribution in [0.3, 0.4) is 0 Å². The smallest absolute Gasteiger partial charge is 0.251 e. The lowest BCUT2D eigenvalue weighted by Crippen LogP contribution is -2.24. The van der Waals surface area contributed by atoms with E-state index in [-0.39, 0.29) is 11.8 Å². The second-order valence-corrected chi connectivity index (χ2v) is 6.29. The molecule has 0 bridgehead atoms. The van der Waals surface area contributed by atoms with E-state index in [9.17, 15) is 9.59 Å². The highest BCUT2D eigenvalue weighted by Crippen LogP contribution is 2.07. The van der Waals surface area contributed by atoms with Crippen molar-refractivity contribution < 1.29 is 9.59 Å². The van der Waals surface area contributed by atoms with Crippen molar-refractivity contribution in [1.29, 1.82) is 0 Å². The first-order valence-electron chi connectivity index (χ1n) is 8.73. The molecular formula is C22H21N3O2. The van der Waals surface area contributed by atoms with Gasteiger partial charge in [-0.1, -0.05) is 29.8 Å². The number of amides is 2. The van der Waals surface area contributed by atoms with Gasteiger partial charge in [0.1, 0.15) is 0 Å². The van der Waals surface area contributed by atoms with Gasteiger partial charge in [-0.15, -0.1) is 0 Å². The molecule has 5 heteroatoms. The molecule has 0 unspecified atom stereocenters. The topological polar surface area (TPSA) is 71.1 Å². The molecule has 3 aromatic rings. The molecule has 0 saturated carbocycles. The Bertz CT molecular complexity index is 922. The normalized spacial score (nSPS) is 10.3. The summed E-state index contributed by atoms with van der Waals surface area (Å²) in [6, 6.07) is 18.3. The van der Waals surface area contributed by atoms with Crippen LogP contribution in [0.2, 0.25) is 0 Å². The van der Waals surface area contributed by atoms with E-state index in [1.54, 1.807) is 36.7 Å². The van der Waals surface area contributed by atoms with Crippen LogP contribution in [0.4, 0.5) is 0 Å². The van der Waals surface area contributed by atoms with Gasteiger partial charge in [-0.05, 0) is 54.4 Å². The molecule has 2 aromatic carbocycles. The van der Waals surface area contributed by atoms with Gasteiger partial charge in [-0.3, -0.25) is 14.6 Å². The average Bonchev–Trinajstić information content (AvgIpc) is 2.71. The number of nitrogens with zero attached hydrogens (tertiary/aromatic N) is 1. The van der Waals surface area contributed by atoms with Gasteiger partial charge in [-0.25, -0.2) is 0 Å². The zero-order valence-corrected chi connectivity index (χ0v) is 15.1. The van der Waals surface area contributed by atoms with Gasteiger partial charge in [0.25, 0.3) is 11.8 Å². The Hall–Kier alpha value is -3.47. The summed E-state index contributed by atoms with van der Waals surface area (Å²) >= 11 is 0. The van der Waals surface area contributed by atoms with Crippen molar-refractivity contribution in [2.75, 3.05) is 0 Å². The number of aromatic nitrogens is 1. The monoisotopic (exact) mass is 359 g/mol. The largest absolute Gasteiger partial charge is 0.348 e. The molecule has 0 fully saturated rings. The molecule has 2 amide bonds. The molecule has 1 heterocycles. The van der Waals surface area contributed by atoms with Gasteiger partial charge >= 0.3 is 0 Å². The molecule has 2 N–H and O–H groups in total. The number of hydrogen-bond donors (Lipinski definition) is 2. The Kier molecular flexibility index (Phi) is 5.94. The number of rotatable bonds is 6. The van der Waals surface area contributed by atoms with Crippen LogP contribution < -0.4 is 10.6 Å². The Labute approximate surface area is 158 Å². The summed E-state index contributed by atoms with van der Waals surface area (Å²) < 4.78 is 0. The third kappa shape index (κ3) is 5.25. The van der Waals surface area contributed by atoms with E-state index in [1.807, 2.05) is 43.3 Å². The molecule has 0 aliphatic heterocycles. The third-order valence-corrected chi connectivity index (χ3v) is 4.15. The maximum Gasteiger partial charge on any atom is 0.251 e. The van der Waals surface area contributed by atoms with E-state index in [2.05, 4.69) is 15.6 Å². The van der Waals surface area contributed by atoms with Crippen LogP contribution in [0, 0.1) is 6.92 Å². The van der Waals surface area contributed by atoms with Gasteiger partial charge in [-0.2, -0.15) is 0 Å². The fourth-order valence-electron chi connectivity index (χ4n) is 2.66. The highest BCUT2D eigenvalue weighted by Gasteiger charge is 2.09. The molecule has 3 rings (SSSR count). The minimum absolute atomic E-state index is 0.166. The first-order chi connectivity index (χ1) is 13.1. The quantitative estimate of drug-likeness (QED) is 0.710. The summed E-state index contributed by atoms with van der Waals surface area (Å²) in [5.74, 6) is -0.348. The number of carbonyl (C=O) groups is 2. The van der Waals surface area contributed by atoms with Gasteiger partial charge < -0.3 is 10.6 Å². The van der Waals surface area contributed by atoms with Crippen molar-refractivity contribution in [3.63, 3.8) is 0 Å². The predicted molar refractivity (Wildman–Crippen MR) is 104 cm³/mol. The lowest BCUT2D eigenvalue weighted by molar-refractivity contribution is 0.0939. The predicted octanol–water partition coefficient (Wildman–Crippen LogP) is 3.25. The maximum absolute atomic E-state index is 12.3. The SMILES string of the molecule is Cc1cccc(CNC(=O)c2ccc(C(=O)NCc3ccncc3)cc2)c1. The zero-order chi connectivity index (χ0) is 19.1. The molecule has 0 atom stereocenters. The van der Waals surface area contributed by atoms with E-state index >= 15 is 0 Å². The van der Waals surface area contributed by atoms with E-state index in [0.717, 1.165) is 16.7 Å². The maximum atomic E-state index is 12.3. The summed E-state index contributed by atoms with van der Waals surface area (Å²) in [4.78, 5) is 28.4. The molecule has 1 aromatic heterocycles. The van der Waals surface area contributed by atoms with Crippen molar-refractivity contribution in [3.8, 4) is 0 Å². The number of nitrogens with one attached hydrogen (secondary N) is 2. The zero-order valence-electron chi connectivity index (χ0n) is 15.1. The first-order valence-corrected chi connectivity index (χ1v) is 8.73. The van der Waals surface area contributed by atoms with E-state index < -0.39 is 0 Å². The van der Waals surface area contributed by atoms with Gasteiger partial charge in [0.05, 0.1) is 0 Å². The van der Waals surface area contributed by atoms with E-state index in [1.165, 1.54) is 0 Å². The van der Waals surface area contributed by atoms with Crippen molar-refractivity contribution in [2.24, 2.45) is 0 Å².